The van der Waals surface area contributed by atoms with Crippen molar-refractivity contribution in [3.05, 3.63) is 58.1 Å². The fourth-order valence-electron chi connectivity index (χ4n) is 1.98. The maximum absolute atomic E-state index is 7.42. The van der Waals surface area contributed by atoms with E-state index < -0.39 is 0 Å². The molecule has 2 aromatic carbocycles. The lowest BCUT2D eigenvalue weighted by Crippen LogP contribution is -2.10. The van der Waals surface area contributed by atoms with Crippen LogP contribution in [0.15, 0.2) is 46.9 Å². The van der Waals surface area contributed by atoms with E-state index in [-0.39, 0.29) is 5.84 Å². The molecule has 0 aromatic heterocycles. The molecule has 2 aromatic rings. The lowest BCUT2D eigenvalue weighted by atomic mass is 9.99. The van der Waals surface area contributed by atoms with Crippen LogP contribution in [-0.4, -0.2) is 5.84 Å². The first-order valence-electron chi connectivity index (χ1n) is 6.93. The highest BCUT2D eigenvalue weighted by molar-refractivity contribution is 9.10. The summed E-state index contributed by atoms with van der Waals surface area (Å²) in [5.41, 5.74) is 7.45. The first-order valence-corrected chi connectivity index (χ1v) is 7.72. The molecule has 110 valence electrons. The van der Waals surface area contributed by atoms with E-state index in [1.54, 1.807) is 12.1 Å². The summed E-state index contributed by atoms with van der Waals surface area (Å²) < 4.78 is 6.63. The van der Waals surface area contributed by atoms with Crippen LogP contribution in [0.5, 0.6) is 11.5 Å². The van der Waals surface area contributed by atoms with Crippen LogP contribution < -0.4 is 10.5 Å². The summed E-state index contributed by atoms with van der Waals surface area (Å²) in [6, 6.07) is 13.5. The fourth-order valence-corrected chi connectivity index (χ4v) is 2.44. The summed E-state index contributed by atoms with van der Waals surface area (Å²) in [5.74, 6) is 2.09. The van der Waals surface area contributed by atoms with E-state index >= 15 is 0 Å². The molecule has 0 saturated heterocycles. The Hall–Kier alpha value is -1.81. The quantitative estimate of drug-likeness (QED) is 0.588. The monoisotopic (exact) mass is 346 g/mol. The van der Waals surface area contributed by atoms with E-state index in [1.165, 1.54) is 5.56 Å². The summed E-state index contributed by atoms with van der Waals surface area (Å²) in [5, 5.41) is 7.42. The van der Waals surface area contributed by atoms with Gasteiger partial charge in [0.25, 0.3) is 0 Å². The molecule has 4 heteroatoms. The maximum Gasteiger partial charge on any atom is 0.141 e. The van der Waals surface area contributed by atoms with Gasteiger partial charge in [0, 0.05) is 5.56 Å². The smallest absolute Gasteiger partial charge is 0.141 e. The molecule has 0 bridgehead atoms. The Morgan fingerprint density at radius 1 is 1.24 bits per heavy atom. The van der Waals surface area contributed by atoms with Crippen molar-refractivity contribution in [2.45, 2.75) is 26.2 Å². The van der Waals surface area contributed by atoms with Gasteiger partial charge in [-0.05, 0) is 64.2 Å². The zero-order chi connectivity index (χ0) is 15.4. The lowest BCUT2D eigenvalue weighted by molar-refractivity contribution is 0.479. The van der Waals surface area contributed by atoms with Gasteiger partial charge in [-0.1, -0.05) is 26.0 Å². The number of hydrogen-bond acceptors (Lipinski definition) is 2. The number of nitrogens with two attached hydrogens (primary N) is 1. The molecule has 0 heterocycles. The lowest BCUT2D eigenvalue weighted by Gasteiger charge is -2.12. The van der Waals surface area contributed by atoms with Gasteiger partial charge in [0.2, 0.25) is 0 Å². The fraction of sp³-hybridized carbons (Fsp3) is 0.235. The van der Waals surface area contributed by atoms with Crippen molar-refractivity contribution in [3.8, 4) is 11.5 Å². The zero-order valence-corrected chi connectivity index (χ0v) is 13.8. The second-order valence-corrected chi connectivity index (χ2v) is 5.89. The Bertz CT molecular complexity index is 638. The first kappa shape index (κ1) is 15.6. The minimum atomic E-state index is 0.0418. The van der Waals surface area contributed by atoms with Crippen molar-refractivity contribution in [2.24, 2.45) is 5.73 Å². The van der Waals surface area contributed by atoms with Crippen molar-refractivity contribution in [1.29, 1.82) is 5.41 Å². The van der Waals surface area contributed by atoms with Gasteiger partial charge >= 0.3 is 0 Å². The molecule has 0 aliphatic carbocycles. The summed E-state index contributed by atoms with van der Waals surface area (Å²) in [7, 11) is 0. The van der Waals surface area contributed by atoms with Crippen LogP contribution in [0.2, 0.25) is 0 Å². The number of halogens is 1. The topological polar surface area (TPSA) is 59.1 Å². The molecule has 0 fully saturated rings. The first-order chi connectivity index (χ1) is 10.0. The highest BCUT2D eigenvalue weighted by Crippen LogP contribution is 2.31. The van der Waals surface area contributed by atoms with Gasteiger partial charge in [-0.25, -0.2) is 0 Å². The van der Waals surface area contributed by atoms with Crippen molar-refractivity contribution >= 4 is 21.8 Å². The third-order valence-corrected chi connectivity index (χ3v) is 4.15. The van der Waals surface area contributed by atoms with Gasteiger partial charge < -0.3 is 10.5 Å². The SMILES string of the molecule is CCC(C)c1ccc(Oc2ccc(C(=N)N)cc2Br)cc1. The summed E-state index contributed by atoms with van der Waals surface area (Å²) in [4.78, 5) is 0. The zero-order valence-electron chi connectivity index (χ0n) is 12.2. The predicted molar refractivity (Wildman–Crippen MR) is 90.4 cm³/mol. The number of amidine groups is 1. The Kier molecular flexibility index (Phi) is 5.02. The molecule has 0 saturated carbocycles. The second kappa shape index (κ2) is 6.76. The van der Waals surface area contributed by atoms with Gasteiger partial charge in [0.05, 0.1) is 4.47 Å². The molecule has 1 atom stereocenters. The van der Waals surface area contributed by atoms with Crippen LogP contribution in [0.1, 0.15) is 37.3 Å². The number of nitrogens with one attached hydrogen (secondary N) is 1. The van der Waals surface area contributed by atoms with Gasteiger partial charge in [-0.3, -0.25) is 5.41 Å². The molecule has 0 amide bonds. The molecular weight excluding hydrogens is 328 g/mol. The molecular formula is C17H19BrN2O. The van der Waals surface area contributed by atoms with Gasteiger partial charge in [-0.2, -0.15) is 0 Å². The molecule has 1 unspecified atom stereocenters. The van der Waals surface area contributed by atoms with E-state index in [0.717, 1.165) is 16.6 Å². The normalized spacial score (nSPS) is 12.0. The molecule has 0 radical (unpaired) electrons. The summed E-state index contributed by atoms with van der Waals surface area (Å²) in [6.07, 6.45) is 1.12. The Morgan fingerprint density at radius 3 is 2.43 bits per heavy atom. The molecule has 3 N–H and O–H groups in total. The third kappa shape index (κ3) is 3.85. The van der Waals surface area contributed by atoms with Crippen molar-refractivity contribution in [1.82, 2.24) is 0 Å². The van der Waals surface area contributed by atoms with Crippen molar-refractivity contribution in [3.63, 3.8) is 0 Å². The molecule has 21 heavy (non-hydrogen) atoms. The maximum atomic E-state index is 7.42. The van der Waals surface area contributed by atoms with Crippen LogP contribution in [-0.2, 0) is 0 Å². The Morgan fingerprint density at radius 2 is 1.90 bits per heavy atom. The largest absolute Gasteiger partial charge is 0.456 e. The van der Waals surface area contributed by atoms with Crippen LogP contribution in [0.3, 0.4) is 0 Å². The number of ether oxygens (including phenoxy) is 1. The van der Waals surface area contributed by atoms with Gasteiger partial charge in [0.1, 0.15) is 17.3 Å². The van der Waals surface area contributed by atoms with Crippen LogP contribution >= 0.6 is 15.9 Å². The number of hydrogen-bond donors (Lipinski definition) is 2. The number of rotatable bonds is 5. The average Bonchev–Trinajstić information content (AvgIpc) is 2.49. The van der Waals surface area contributed by atoms with Crippen molar-refractivity contribution < 1.29 is 4.74 Å². The Balaban J connectivity index is 2.16. The van der Waals surface area contributed by atoms with Crippen molar-refractivity contribution in [2.75, 3.05) is 0 Å². The third-order valence-electron chi connectivity index (χ3n) is 3.53. The van der Waals surface area contributed by atoms with E-state index in [2.05, 4.69) is 41.9 Å². The number of benzene rings is 2. The average molecular weight is 347 g/mol. The molecule has 2 rings (SSSR count). The highest BCUT2D eigenvalue weighted by Gasteiger charge is 2.07. The highest BCUT2D eigenvalue weighted by atomic mass is 79.9. The van der Waals surface area contributed by atoms with Gasteiger partial charge in [-0.15, -0.1) is 0 Å². The van der Waals surface area contributed by atoms with Gasteiger partial charge in [0.15, 0.2) is 0 Å². The van der Waals surface area contributed by atoms with Crippen LogP contribution in [0.25, 0.3) is 0 Å². The molecule has 3 nitrogen and oxygen atoms in total. The predicted octanol–water partition coefficient (Wildman–Crippen LogP) is 5.04. The molecule has 0 aliphatic heterocycles. The van der Waals surface area contributed by atoms with Crippen LogP contribution in [0.4, 0.5) is 0 Å². The summed E-state index contributed by atoms with van der Waals surface area (Å²) in [6.45, 7) is 4.40. The van der Waals surface area contributed by atoms with Crippen LogP contribution in [0, 0.1) is 5.41 Å². The summed E-state index contributed by atoms with van der Waals surface area (Å²) >= 11 is 3.44. The molecule has 0 aliphatic rings. The molecule has 0 spiro atoms. The van der Waals surface area contributed by atoms with E-state index in [4.69, 9.17) is 15.9 Å². The Labute approximate surface area is 133 Å². The van der Waals surface area contributed by atoms with E-state index in [1.807, 2.05) is 18.2 Å². The van der Waals surface area contributed by atoms with E-state index in [0.29, 0.717) is 17.2 Å². The minimum Gasteiger partial charge on any atom is -0.456 e. The second-order valence-electron chi connectivity index (χ2n) is 5.04. The number of nitrogen functional groups attached to an aromatic ring is 1. The standard InChI is InChI=1S/C17H19BrN2O/c1-3-11(2)12-4-7-14(8-5-12)21-16-9-6-13(17(19)20)10-15(16)18/h4-11H,3H2,1-2H3,(H3,19,20). The van der Waals surface area contributed by atoms with E-state index in [9.17, 15) is 0 Å². The minimum absolute atomic E-state index is 0.0418.